The van der Waals surface area contributed by atoms with Crippen LogP contribution in [0.1, 0.15) is 28.1 Å². The van der Waals surface area contributed by atoms with Crippen molar-refractivity contribution in [3.8, 4) is 0 Å². The second kappa shape index (κ2) is 7.26. The molecule has 0 saturated heterocycles. The SMILES string of the molecule is CN=C(NCc1ccc(C)c(F)c1)NCc1c(C)nn(C)c1C. The third-order valence-electron chi connectivity index (χ3n) is 4.01. The topological polar surface area (TPSA) is 54.2 Å². The van der Waals surface area contributed by atoms with E-state index in [0.717, 1.165) is 22.5 Å². The Morgan fingerprint density at radius 2 is 1.91 bits per heavy atom. The monoisotopic (exact) mass is 317 g/mol. The number of halogens is 1. The fourth-order valence-electron chi connectivity index (χ4n) is 2.40. The lowest BCUT2D eigenvalue weighted by Crippen LogP contribution is -2.36. The molecule has 0 saturated carbocycles. The second-order valence-corrected chi connectivity index (χ2v) is 5.64. The van der Waals surface area contributed by atoms with Gasteiger partial charge in [-0.1, -0.05) is 12.1 Å². The maximum Gasteiger partial charge on any atom is 0.191 e. The largest absolute Gasteiger partial charge is 0.352 e. The highest BCUT2D eigenvalue weighted by molar-refractivity contribution is 5.79. The lowest BCUT2D eigenvalue weighted by molar-refractivity contribution is 0.615. The third-order valence-corrected chi connectivity index (χ3v) is 4.01. The smallest absolute Gasteiger partial charge is 0.191 e. The van der Waals surface area contributed by atoms with E-state index in [-0.39, 0.29) is 5.82 Å². The fraction of sp³-hybridized carbons (Fsp3) is 0.412. The molecule has 0 spiro atoms. The van der Waals surface area contributed by atoms with Crippen LogP contribution < -0.4 is 10.6 Å². The molecule has 0 aliphatic rings. The van der Waals surface area contributed by atoms with Crippen molar-refractivity contribution < 1.29 is 4.39 Å². The molecule has 0 unspecified atom stereocenters. The summed E-state index contributed by atoms with van der Waals surface area (Å²) < 4.78 is 15.4. The van der Waals surface area contributed by atoms with E-state index in [1.807, 2.05) is 31.6 Å². The van der Waals surface area contributed by atoms with Crippen molar-refractivity contribution in [1.82, 2.24) is 20.4 Å². The Morgan fingerprint density at radius 3 is 2.48 bits per heavy atom. The number of aliphatic imine (C=N–C) groups is 1. The van der Waals surface area contributed by atoms with Crippen LogP contribution in [0.5, 0.6) is 0 Å². The summed E-state index contributed by atoms with van der Waals surface area (Å²) >= 11 is 0. The van der Waals surface area contributed by atoms with E-state index >= 15 is 0 Å². The van der Waals surface area contributed by atoms with Crippen molar-refractivity contribution in [2.75, 3.05) is 7.05 Å². The van der Waals surface area contributed by atoms with Gasteiger partial charge in [0, 0.05) is 38.4 Å². The molecule has 1 heterocycles. The molecular weight excluding hydrogens is 293 g/mol. The van der Waals surface area contributed by atoms with Gasteiger partial charge in [0.2, 0.25) is 0 Å². The molecule has 1 aromatic carbocycles. The van der Waals surface area contributed by atoms with Crippen molar-refractivity contribution in [3.05, 3.63) is 52.1 Å². The van der Waals surface area contributed by atoms with Crippen molar-refractivity contribution in [3.63, 3.8) is 0 Å². The van der Waals surface area contributed by atoms with Gasteiger partial charge < -0.3 is 10.6 Å². The Kier molecular flexibility index (Phi) is 5.36. The van der Waals surface area contributed by atoms with Crippen molar-refractivity contribution >= 4 is 5.96 Å². The number of hydrogen-bond donors (Lipinski definition) is 2. The highest BCUT2D eigenvalue weighted by Crippen LogP contribution is 2.11. The summed E-state index contributed by atoms with van der Waals surface area (Å²) in [6.07, 6.45) is 0. The Hall–Kier alpha value is -2.37. The van der Waals surface area contributed by atoms with Gasteiger partial charge in [0.05, 0.1) is 5.69 Å². The summed E-state index contributed by atoms with van der Waals surface area (Å²) in [6, 6.07) is 5.24. The summed E-state index contributed by atoms with van der Waals surface area (Å²) in [4.78, 5) is 4.20. The minimum absolute atomic E-state index is 0.186. The van der Waals surface area contributed by atoms with Gasteiger partial charge in [-0.25, -0.2) is 4.39 Å². The van der Waals surface area contributed by atoms with Crippen LogP contribution in [0, 0.1) is 26.6 Å². The van der Waals surface area contributed by atoms with E-state index < -0.39 is 0 Å². The number of nitrogens with one attached hydrogen (secondary N) is 2. The van der Waals surface area contributed by atoms with Crippen LogP contribution in [0.2, 0.25) is 0 Å². The number of hydrogen-bond acceptors (Lipinski definition) is 2. The Balaban J connectivity index is 1.94. The molecule has 0 bridgehead atoms. The van der Waals surface area contributed by atoms with Gasteiger partial charge in [0.25, 0.3) is 0 Å². The molecule has 6 heteroatoms. The summed E-state index contributed by atoms with van der Waals surface area (Å²) in [5.74, 6) is 0.488. The number of nitrogens with zero attached hydrogens (tertiary/aromatic N) is 3. The first kappa shape index (κ1) is 17.0. The highest BCUT2D eigenvalue weighted by atomic mass is 19.1. The molecule has 0 aliphatic heterocycles. The van der Waals surface area contributed by atoms with Gasteiger partial charge >= 0.3 is 0 Å². The maximum absolute atomic E-state index is 13.6. The normalized spacial score (nSPS) is 11.7. The minimum Gasteiger partial charge on any atom is -0.352 e. The number of aromatic nitrogens is 2. The molecule has 0 aliphatic carbocycles. The molecular formula is C17H24FN5. The molecule has 2 N–H and O–H groups in total. The Bertz CT molecular complexity index is 718. The highest BCUT2D eigenvalue weighted by Gasteiger charge is 2.09. The van der Waals surface area contributed by atoms with Crippen LogP contribution in [0.15, 0.2) is 23.2 Å². The van der Waals surface area contributed by atoms with Gasteiger partial charge in [-0.05, 0) is 38.0 Å². The summed E-state index contributed by atoms with van der Waals surface area (Å²) in [5.41, 5.74) is 4.83. The van der Waals surface area contributed by atoms with Gasteiger partial charge in [-0.2, -0.15) is 5.10 Å². The zero-order valence-corrected chi connectivity index (χ0v) is 14.4. The molecule has 124 valence electrons. The van der Waals surface area contributed by atoms with E-state index in [2.05, 4.69) is 20.7 Å². The number of rotatable bonds is 4. The fourth-order valence-corrected chi connectivity index (χ4v) is 2.40. The van der Waals surface area contributed by atoms with E-state index in [4.69, 9.17) is 0 Å². The first-order valence-electron chi connectivity index (χ1n) is 7.61. The average molecular weight is 317 g/mol. The van der Waals surface area contributed by atoms with E-state index in [1.165, 1.54) is 0 Å². The molecule has 2 aromatic rings. The summed E-state index contributed by atoms with van der Waals surface area (Å²) in [5, 5.41) is 10.9. The zero-order chi connectivity index (χ0) is 17.0. The third kappa shape index (κ3) is 4.09. The summed E-state index contributed by atoms with van der Waals surface area (Å²) in [6.45, 7) is 6.96. The van der Waals surface area contributed by atoms with Crippen molar-refractivity contribution in [2.45, 2.75) is 33.9 Å². The quantitative estimate of drug-likeness (QED) is 0.672. The average Bonchev–Trinajstić information content (AvgIpc) is 2.76. The van der Waals surface area contributed by atoms with E-state index in [9.17, 15) is 4.39 Å². The van der Waals surface area contributed by atoms with Crippen LogP contribution in [-0.2, 0) is 20.1 Å². The van der Waals surface area contributed by atoms with Gasteiger partial charge in [0.15, 0.2) is 5.96 Å². The molecule has 0 amide bonds. The van der Waals surface area contributed by atoms with Gasteiger partial charge in [0.1, 0.15) is 5.82 Å². The molecule has 1 aromatic heterocycles. The molecule has 0 fully saturated rings. The van der Waals surface area contributed by atoms with Gasteiger partial charge in [-0.15, -0.1) is 0 Å². The van der Waals surface area contributed by atoms with Gasteiger partial charge in [-0.3, -0.25) is 9.67 Å². The Morgan fingerprint density at radius 1 is 1.22 bits per heavy atom. The lowest BCUT2D eigenvalue weighted by atomic mass is 10.1. The lowest BCUT2D eigenvalue weighted by Gasteiger charge is -2.12. The van der Waals surface area contributed by atoms with E-state index in [1.54, 1.807) is 26.1 Å². The molecule has 2 rings (SSSR count). The molecule has 5 nitrogen and oxygen atoms in total. The number of aryl methyl sites for hydroxylation is 3. The van der Waals surface area contributed by atoms with E-state index in [0.29, 0.717) is 24.6 Å². The van der Waals surface area contributed by atoms with Crippen LogP contribution in [0.3, 0.4) is 0 Å². The van der Waals surface area contributed by atoms with Crippen LogP contribution in [0.4, 0.5) is 4.39 Å². The number of benzene rings is 1. The standard InChI is InChI=1S/C17H24FN5/c1-11-6-7-14(8-16(11)18)9-20-17(19-4)21-10-15-12(2)22-23(5)13(15)3/h6-8H,9-10H2,1-5H3,(H2,19,20,21). The number of guanidine groups is 1. The second-order valence-electron chi connectivity index (χ2n) is 5.64. The first-order chi connectivity index (χ1) is 10.9. The molecule has 0 atom stereocenters. The van der Waals surface area contributed by atoms with Crippen molar-refractivity contribution in [2.24, 2.45) is 12.0 Å². The molecule has 0 radical (unpaired) electrons. The predicted octanol–water partition coefficient (Wildman–Crippen LogP) is 2.35. The summed E-state index contributed by atoms with van der Waals surface area (Å²) in [7, 11) is 3.65. The maximum atomic E-state index is 13.6. The zero-order valence-electron chi connectivity index (χ0n) is 14.4. The predicted molar refractivity (Wildman–Crippen MR) is 90.9 cm³/mol. The van der Waals surface area contributed by atoms with Crippen LogP contribution >= 0.6 is 0 Å². The first-order valence-corrected chi connectivity index (χ1v) is 7.61. The van der Waals surface area contributed by atoms with Crippen LogP contribution in [-0.4, -0.2) is 22.8 Å². The Labute approximate surface area is 136 Å². The molecule has 23 heavy (non-hydrogen) atoms. The van der Waals surface area contributed by atoms with Crippen LogP contribution in [0.25, 0.3) is 0 Å². The van der Waals surface area contributed by atoms with Crippen molar-refractivity contribution in [1.29, 1.82) is 0 Å². The minimum atomic E-state index is -0.186.